The highest BCUT2D eigenvalue weighted by Gasteiger charge is 2.35. The molecule has 29 heavy (non-hydrogen) atoms. The zero-order valence-electron chi connectivity index (χ0n) is 17.5. The second kappa shape index (κ2) is 10.1. The van der Waals surface area contributed by atoms with Gasteiger partial charge in [0, 0.05) is 29.5 Å². The van der Waals surface area contributed by atoms with Crippen LogP contribution in [0.4, 0.5) is 5.69 Å². The van der Waals surface area contributed by atoms with Crippen molar-refractivity contribution in [1.82, 2.24) is 10.2 Å². The molecule has 154 valence electrons. The van der Waals surface area contributed by atoms with Gasteiger partial charge in [0.1, 0.15) is 5.82 Å². The lowest BCUT2D eigenvalue weighted by atomic mass is 9.78. The van der Waals surface area contributed by atoms with Gasteiger partial charge in [-0.05, 0) is 68.9 Å². The molecule has 0 aromatic heterocycles. The second-order valence-electron chi connectivity index (χ2n) is 7.92. The number of amides is 1. The van der Waals surface area contributed by atoms with Crippen LogP contribution in [0, 0.1) is 5.92 Å². The normalized spacial score (nSPS) is 22.1. The lowest BCUT2D eigenvalue weighted by Crippen LogP contribution is -2.49. The highest BCUT2D eigenvalue weighted by molar-refractivity contribution is 5.95. The van der Waals surface area contributed by atoms with E-state index in [1.165, 1.54) is 25.7 Å². The first-order valence-electron chi connectivity index (χ1n) is 10.7. The van der Waals surface area contributed by atoms with E-state index in [0.29, 0.717) is 17.8 Å². The largest absolute Gasteiger partial charge is 0.342 e. The van der Waals surface area contributed by atoms with E-state index in [1.807, 2.05) is 49.4 Å². The van der Waals surface area contributed by atoms with E-state index in [0.717, 1.165) is 36.3 Å². The summed E-state index contributed by atoms with van der Waals surface area (Å²) in [5, 5.41) is 6.48. The van der Waals surface area contributed by atoms with Crippen molar-refractivity contribution < 1.29 is 4.79 Å². The fourth-order valence-corrected chi connectivity index (χ4v) is 4.60. The molecule has 3 rings (SSSR count). The number of benzene rings is 1. The van der Waals surface area contributed by atoms with Gasteiger partial charge in [0.05, 0.1) is 0 Å². The van der Waals surface area contributed by atoms with E-state index in [9.17, 15) is 4.79 Å². The maximum Gasteiger partial charge on any atom is 0.254 e. The zero-order valence-corrected chi connectivity index (χ0v) is 17.5. The third-order valence-corrected chi connectivity index (χ3v) is 5.85. The summed E-state index contributed by atoms with van der Waals surface area (Å²) in [4.78, 5) is 15.4. The van der Waals surface area contributed by atoms with Crippen LogP contribution in [0.25, 0.3) is 0 Å². The van der Waals surface area contributed by atoms with Gasteiger partial charge in [0.15, 0.2) is 0 Å². The Morgan fingerprint density at radius 3 is 2.79 bits per heavy atom. The summed E-state index contributed by atoms with van der Waals surface area (Å²) in [6.45, 7) is 10.6. The van der Waals surface area contributed by atoms with Gasteiger partial charge in [-0.2, -0.15) is 0 Å². The number of nitrogens with zero attached hydrogens (tertiary/aromatic N) is 1. The van der Waals surface area contributed by atoms with Crippen molar-refractivity contribution in [3.05, 3.63) is 78.8 Å². The van der Waals surface area contributed by atoms with Crippen molar-refractivity contribution in [2.24, 2.45) is 5.92 Å². The number of fused-ring (bicyclic) bond motifs is 1. The molecule has 0 spiro atoms. The lowest BCUT2D eigenvalue weighted by Gasteiger charge is -2.44. The molecule has 1 amide bonds. The van der Waals surface area contributed by atoms with E-state index >= 15 is 0 Å². The van der Waals surface area contributed by atoms with Crippen LogP contribution < -0.4 is 10.6 Å². The summed E-state index contributed by atoms with van der Waals surface area (Å²) in [6, 6.07) is 8.14. The molecule has 2 aliphatic rings. The van der Waals surface area contributed by atoms with Crippen LogP contribution in [0.3, 0.4) is 0 Å². The van der Waals surface area contributed by atoms with Crippen LogP contribution in [0.5, 0.6) is 0 Å². The average molecular weight is 392 g/mol. The minimum absolute atomic E-state index is 0.157. The van der Waals surface area contributed by atoms with Crippen molar-refractivity contribution in [2.75, 3.05) is 11.9 Å². The molecule has 1 saturated carbocycles. The SMILES string of the molecule is C=C/C=C(\C=C/C)NC(=C)Nc1cccc(C(=O)N2CCCC3CCCCC32)c1. The number of hydrogen-bond acceptors (Lipinski definition) is 3. The van der Waals surface area contributed by atoms with Gasteiger partial charge in [-0.3, -0.25) is 4.79 Å². The third kappa shape index (κ3) is 5.41. The van der Waals surface area contributed by atoms with Crippen molar-refractivity contribution in [1.29, 1.82) is 0 Å². The molecule has 1 aliphatic heterocycles. The number of likely N-dealkylation sites (tertiary alicyclic amines) is 1. The number of rotatable bonds is 7. The minimum Gasteiger partial charge on any atom is -0.342 e. The van der Waals surface area contributed by atoms with Gasteiger partial charge in [-0.15, -0.1) is 0 Å². The van der Waals surface area contributed by atoms with Gasteiger partial charge in [-0.25, -0.2) is 0 Å². The maximum absolute atomic E-state index is 13.3. The van der Waals surface area contributed by atoms with E-state index in [4.69, 9.17) is 0 Å². The van der Waals surface area contributed by atoms with Gasteiger partial charge in [-0.1, -0.05) is 44.2 Å². The minimum atomic E-state index is 0.157. The molecule has 1 aromatic rings. The zero-order chi connectivity index (χ0) is 20.6. The summed E-state index contributed by atoms with van der Waals surface area (Å²) in [6.07, 6.45) is 14.9. The smallest absolute Gasteiger partial charge is 0.254 e. The van der Waals surface area contributed by atoms with E-state index in [2.05, 4.69) is 28.7 Å². The first-order valence-corrected chi connectivity index (χ1v) is 10.7. The molecule has 2 unspecified atom stereocenters. The molecule has 4 nitrogen and oxygen atoms in total. The van der Waals surface area contributed by atoms with Crippen molar-refractivity contribution in [3.8, 4) is 0 Å². The number of piperidine rings is 1. The first kappa shape index (κ1) is 21.0. The Balaban J connectivity index is 1.68. The Morgan fingerprint density at radius 2 is 2.00 bits per heavy atom. The Bertz CT molecular complexity index is 806. The molecule has 2 atom stereocenters. The summed E-state index contributed by atoms with van der Waals surface area (Å²) < 4.78 is 0. The fourth-order valence-electron chi connectivity index (χ4n) is 4.60. The van der Waals surface area contributed by atoms with Crippen LogP contribution in [-0.4, -0.2) is 23.4 Å². The molecule has 1 aromatic carbocycles. The fraction of sp³-hybridized carbons (Fsp3) is 0.400. The number of carbonyl (C=O) groups is 1. The molecule has 0 bridgehead atoms. The maximum atomic E-state index is 13.3. The van der Waals surface area contributed by atoms with Gasteiger partial charge >= 0.3 is 0 Å². The number of anilines is 1. The molecule has 0 radical (unpaired) electrons. The van der Waals surface area contributed by atoms with Crippen LogP contribution in [0.2, 0.25) is 0 Å². The summed E-state index contributed by atoms with van der Waals surface area (Å²) in [5.41, 5.74) is 2.48. The standard InChI is InChI=1S/C25H33N3O/c1-4-10-22(11-5-2)26-19(3)27-23-15-8-13-21(18-23)25(29)28-17-9-14-20-12-6-7-16-24(20)28/h4-5,8,10-11,13,15,18,20,24,26-27H,1,3,6-7,9,12,14,16-17H2,2H3/b11-5-,22-10+. The summed E-state index contributed by atoms with van der Waals surface area (Å²) >= 11 is 0. The predicted molar refractivity (Wildman–Crippen MR) is 121 cm³/mol. The van der Waals surface area contributed by atoms with Crippen molar-refractivity contribution >= 4 is 11.6 Å². The molecule has 1 heterocycles. The van der Waals surface area contributed by atoms with Crippen LogP contribution >= 0.6 is 0 Å². The third-order valence-electron chi connectivity index (χ3n) is 5.85. The monoisotopic (exact) mass is 391 g/mol. The Kier molecular flexibility index (Phi) is 7.34. The second-order valence-corrected chi connectivity index (χ2v) is 7.92. The quantitative estimate of drug-likeness (QED) is 0.595. The summed E-state index contributed by atoms with van der Waals surface area (Å²) in [7, 11) is 0. The number of nitrogens with one attached hydrogen (secondary N) is 2. The first-order chi connectivity index (χ1) is 14.1. The van der Waals surface area contributed by atoms with E-state index in [1.54, 1.807) is 6.08 Å². The van der Waals surface area contributed by atoms with Crippen LogP contribution in [0.1, 0.15) is 55.8 Å². The Morgan fingerprint density at radius 1 is 1.21 bits per heavy atom. The summed E-state index contributed by atoms with van der Waals surface area (Å²) in [5.74, 6) is 1.49. The topological polar surface area (TPSA) is 44.4 Å². The van der Waals surface area contributed by atoms with Gasteiger partial charge < -0.3 is 15.5 Å². The average Bonchev–Trinajstić information content (AvgIpc) is 2.73. The highest BCUT2D eigenvalue weighted by Crippen LogP contribution is 2.36. The number of hydrogen-bond donors (Lipinski definition) is 2. The lowest BCUT2D eigenvalue weighted by molar-refractivity contribution is 0.0391. The van der Waals surface area contributed by atoms with Gasteiger partial charge in [0.2, 0.25) is 0 Å². The van der Waals surface area contributed by atoms with Crippen molar-refractivity contribution in [3.63, 3.8) is 0 Å². The van der Waals surface area contributed by atoms with Crippen LogP contribution in [-0.2, 0) is 0 Å². The van der Waals surface area contributed by atoms with E-state index in [-0.39, 0.29) is 5.91 Å². The highest BCUT2D eigenvalue weighted by atomic mass is 16.2. The number of allylic oxidation sites excluding steroid dienone is 4. The molecular weight excluding hydrogens is 358 g/mol. The van der Waals surface area contributed by atoms with Crippen LogP contribution in [0.15, 0.2) is 73.2 Å². The molecule has 2 fully saturated rings. The molecule has 1 aliphatic carbocycles. The Labute approximate surface area is 175 Å². The Hall–Kier alpha value is -2.75. The van der Waals surface area contributed by atoms with Gasteiger partial charge in [0.25, 0.3) is 5.91 Å². The molecular formula is C25H33N3O. The molecule has 2 N–H and O–H groups in total. The predicted octanol–water partition coefficient (Wildman–Crippen LogP) is 5.60. The van der Waals surface area contributed by atoms with Crippen molar-refractivity contribution in [2.45, 2.75) is 51.5 Å². The molecule has 4 heteroatoms. The number of carbonyl (C=O) groups excluding carboxylic acids is 1. The molecule has 1 saturated heterocycles. The van der Waals surface area contributed by atoms with E-state index < -0.39 is 0 Å².